The van der Waals surface area contributed by atoms with Crippen LogP contribution in [0.5, 0.6) is 0 Å². The first kappa shape index (κ1) is 10.6. The van der Waals surface area contributed by atoms with Gasteiger partial charge in [0.15, 0.2) is 0 Å². The van der Waals surface area contributed by atoms with E-state index in [9.17, 15) is 4.79 Å². The smallest absolute Gasteiger partial charge is 0.249 e. The lowest BCUT2D eigenvalue weighted by Crippen LogP contribution is -2.33. The third-order valence-corrected chi connectivity index (χ3v) is 3.64. The van der Waals surface area contributed by atoms with Gasteiger partial charge in [0.2, 0.25) is 5.91 Å². The molecule has 1 unspecified atom stereocenters. The van der Waals surface area contributed by atoms with Crippen molar-refractivity contribution in [2.24, 2.45) is 0 Å². The van der Waals surface area contributed by atoms with E-state index >= 15 is 0 Å². The van der Waals surface area contributed by atoms with Gasteiger partial charge in [0, 0.05) is 11.5 Å². The summed E-state index contributed by atoms with van der Waals surface area (Å²) in [7, 11) is 0. The quantitative estimate of drug-likeness (QED) is 0.852. The lowest BCUT2D eigenvalue weighted by atomic mass is 10.2. The molecule has 1 amide bonds. The van der Waals surface area contributed by atoms with E-state index in [0.717, 1.165) is 19.4 Å². The molecule has 0 saturated carbocycles. The Kier molecular flexibility index (Phi) is 3.38. The minimum Gasteiger partial charge on any atom is -0.368 e. The minimum atomic E-state index is -0.217. The third kappa shape index (κ3) is 2.58. The number of thiophene rings is 1. The zero-order chi connectivity index (χ0) is 10.7. The van der Waals surface area contributed by atoms with E-state index < -0.39 is 0 Å². The predicted octanol–water partition coefficient (Wildman–Crippen LogP) is 1.85. The van der Waals surface area contributed by atoms with Gasteiger partial charge >= 0.3 is 0 Å². The number of ether oxygens (including phenoxy) is 1. The van der Waals surface area contributed by atoms with Gasteiger partial charge in [-0.1, -0.05) is 0 Å². The summed E-state index contributed by atoms with van der Waals surface area (Å²) in [6, 6.07) is 2.07. The SMILES string of the molecule is Cc1ccsc1CNC(=O)C1CCCO1. The van der Waals surface area contributed by atoms with Crippen LogP contribution in [-0.4, -0.2) is 18.6 Å². The normalized spacial score (nSPS) is 20.5. The Hall–Kier alpha value is -0.870. The van der Waals surface area contributed by atoms with Crippen molar-refractivity contribution < 1.29 is 9.53 Å². The summed E-state index contributed by atoms with van der Waals surface area (Å²) in [4.78, 5) is 12.8. The largest absolute Gasteiger partial charge is 0.368 e. The number of aryl methyl sites for hydroxylation is 1. The predicted molar refractivity (Wildman–Crippen MR) is 59.9 cm³/mol. The van der Waals surface area contributed by atoms with E-state index in [-0.39, 0.29) is 12.0 Å². The Balaban J connectivity index is 1.83. The first-order valence-corrected chi connectivity index (χ1v) is 6.07. The van der Waals surface area contributed by atoms with Crippen molar-refractivity contribution in [1.29, 1.82) is 0 Å². The summed E-state index contributed by atoms with van der Waals surface area (Å²) >= 11 is 1.68. The van der Waals surface area contributed by atoms with E-state index in [1.54, 1.807) is 11.3 Å². The van der Waals surface area contributed by atoms with Crippen molar-refractivity contribution >= 4 is 17.2 Å². The van der Waals surface area contributed by atoms with E-state index in [0.29, 0.717) is 6.54 Å². The summed E-state index contributed by atoms with van der Waals surface area (Å²) < 4.78 is 5.31. The lowest BCUT2D eigenvalue weighted by Gasteiger charge is -2.09. The average molecular weight is 225 g/mol. The van der Waals surface area contributed by atoms with E-state index in [1.807, 2.05) is 5.38 Å². The van der Waals surface area contributed by atoms with Gasteiger partial charge in [-0.25, -0.2) is 0 Å². The van der Waals surface area contributed by atoms with E-state index in [2.05, 4.69) is 18.3 Å². The van der Waals surface area contributed by atoms with Crippen LogP contribution >= 0.6 is 11.3 Å². The first-order chi connectivity index (χ1) is 7.27. The molecular weight excluding hydrogens is 210 g/mol. The van der Waals surface area contributed by atoms with Crippen LogP contribution in [0.3, 0.4) is 0 Å². The maximum atomic E-state index is 11.6. The molecule has 3 nitrogen and oxygen atoms in total. The van der Waals surface area contributed by atoms with Crippen molar-refractivity contribution in [3.8, 4) is 0 Å². The van der Waals surface area contributed by atoms with Crippen LogP contribution in [0.25, 0.3) is 0 Å². The van der Waals surface area contributed by atoms with Crippen molar-refractivity contribution in [3.05, 3.63) is 21.9 Å². The molecule has 0 spiro atoms. The molecule has 1 aliphatic heterocycles. The Morgan fingerprint density at radius 2 is 2.60 bits per heavy atom. The molecule has 4 heteroatoms. The monoisotopic (exact) mass is 225 g/mol. The zero-order valence-corrected chi connectivity index (χ0v) is 9.60. The molecule has 0 bridgehead atoms. The summed E-state index contributed by atoms with van der Waals surface area (Å²) in [6.07, 6.45) is 1.64. The Morgan fingerprint density at radius 3 is 3.20 bits per heavy atom. The molecule has 1 saturated heterocycles. The number of rotatable bonds is 3. The van der Waals surface area contributed by atoms with Crippen LogP contribution in [0, 0.1) is 6.92 Å². The molecule has 1 aliphatic rings. The summed E-state index contributed by atoms with van der Waals surface area (Å²) in [5.41, 5.74) is 1.24. The molecule has 1 atom stereocenters. The third-order valence-electron chi connectivity index (χ3n) is 2.61. The molecule has 82 valence electrons. The highest BCUT2D eigenvalue weighted by molar-refractivity contribution is 7.10. The molecule has 1 N–H and O–H groups in total. The number of hydrogen-bond donors (Lipinski definition) is 1. The molecule has 1 fully saturated rings. The maximum absolute atomic E-state index is 11.6. The highest BCUT2D eigenvalue weighted by atomic mass is 32.1. The van der Waals surface area contributed by atoms with Gasteiger partial charge in [0.05, 0.1) is 6.54 Å². The second kappa shape index (κ2) is 4.77. The van der Waals surface area contributed by atoms with Gasteiger partial charge in [-0.2, -0.15) is 0 Å². The standard InChI is InChI=1S/C11H15NO2S/c1-8-4-6-15-10(8)7-12-11(13)9-3-2-5-14-9/h4,6,9H,2-3,5,7H2,1H3,(H,12,13). The summed E-state index contributed by atoms with van der Waals surface area (Å²) in [5.74, 6) is 0.0281. The zero-order valence-electron chi connectivity index (χ0n) is 8.79. The van der Waals surface area contributed by atoms with Crippen LogP contribution in [-0.2, 0) is 16.1 Å². The van der Waals surface area contributed by atoms with Crippen LogP contribution in [0.15, 0.2) is 11.4 Å². The van der Waals surface area contributed by atoms with Gasteiger partial charge in [-0.3, -0.25) is 4.79 Å². The minimum absolute atomic E-state index is 0.0281. The van der Waals surface area contributed by atoms with Gasteiger partial charge in [-0.15, -0.1) is 11.3 Å². The van der Waals surface area contributed by atoms with Crippen LogP contribution in [0.2, 0.25) is 0 Å². The number of carbonyl (C=O) groups is 1. The average Bonchev–Trinajstić information content (AvgIpc) is 2.85. The van der Waals surface area contributed by atoms with E-state index in [4.69, 9.17) is 4.74 Å². The topological polar surface area (TPSA) is 38.3 Å². The Labute approximate surface area is 93.4 Å². The van der Waals surface area contributed by atoms with Crippen molar-refractivity contribution in [3.63, 3.8) is 0 Å². The van der Waals surface area contributed by atoms with Crippen molar-refractivity contribution in [1.82, 2.24) is 5.32 Å². The van der Waals surface area contributed by atoms with Gasteiger partial charge in [-0.05, 0) is 36.8 Å². The fraction of sp³-hybridized carbons (Fsp3) is 0.545. The first-order valence-electron chi connectivity index (χ1n) is 5.19. The molecule has 2 heterocycles. The highest BCUT2D eigenvalue weighted by Crippen LogP contribution is 2.16. The maximum Gasteiger partial charge on any atom is 0.249 e. The molecule has 0 aromatic carbocycles. The Bertz CT molecular complexity index is 342. The summed E-state index contributed by atoms with van der Waals surface area (Å²) in [5, 5.41) is 4.96. The van der Waals surface area contributed by atoms with Crippen LogP contribution in [0.1, 0.15) is 23.3 Å². The number of nitrogens with one attached hydrogen (secondary N) is 1. The van der Waals surface area contributed by atoms with Crippen LogP contribution in [0.4, 0.5) is 0 Å². The lowest BCUT2D eigenvalue weighted by molar-refractivity contribution is -0.130. The van der Waals surface area contributed by atoms with E-state index in [1.165, 1.54) is 10.4 Å². The van der Waals surface area contributed by atoms with Crippen molar-refractivity contribution in [2.45, 2.75) is 32.4 Å². The molecule has 0 radical (unpaired) electrons. The van der Waals surface area contributed by atoms with Crippen LogP contribution < -0.4 is 5.32 Å². The second-order valence-corrected chi connectivity index (χ2v) is 4.75. The molecule has 2 rings (SSSR count). The van der Waals surface area contributed by atoms with Gasteiger partial charge in [0.25, 0.3) is 0 Å². The fourth-order valence-electron chi connectivity index (χ4n) is 1.65. The number of hydrogen-bond acceptors (Lipinski definition) is 3. The number of carbonyl (C=O) groups excluding carboxylic acids is 1. The Morgan fingerprint density at radius 1 is 1.73 bits per heavy atom. The summed E-state index contributed by atoms with van der Waals surface area (Å²) in [6.45, 7) is 3.41. The molecule has 15 heavy (non-hydrogen) atoms. The number of amides is 1. The molecule has 1 aromatic heterocycles. The molecule has 0 aliphatic carbocycles. The van der Waals surface area contributed by atoms with Gasteiger partial charge in [0.1, 0.15) is 6.10 Å². The molecule has 1 aromatic rings. The second-order valence-electron chi connectivity index (χ2n) is 3.75. The highest BCUT2D eigenvalue weighted by Gasteiger charge is 2.23. The fourth-order valence-corrected chi connectivity index (χ4v) is 2.50. The van der Waals surface area contributed by atoms with Crippen molar-refractivity contribution in [2.75, 3.05) is 6.61 Å². The van der Waals surface area contributed by atoms with Gasteiger partial charge < -0.3 is 10.1 Å². The molecular formula is C11H15NO2S.